The first-order valence-electron chi connectivity index (χ1n) is 14.8. The van der Waals surface area contributed by atoms with E-state index in [1.165, 1.54) is 73.5 Å². The summed E-state index contributed by atoms with van der Waals surface area (Å²) < 4.78 is 8.69. The van der Waals surface area contributed by atoms with Crippen LogP contribution in [0.25, 0.3) is 0 Å². The van der Waals surface area contributed by atoms with Crippen molar-refractivity contribution in [1.82, 2.24) is 71.0 Å². The van der Waals surface area contributed by atoms with Gasteiger partial charge in [0.15, 0.2) is 4.34 Å². The predicted molar refractivity (Wildman–Crippen MR) is 174 cm³/mol. The van der Waals surface area contributed by atoms with Gasteiger partial charge >= 0.3 is 11.9 Å². The quantitative estimate of drug-likeness (QED) is 0.0901. The Morgan fingerprint density at radius 1 is 0.882 bits per heavy atom. The van der Waals surface area contributed by atoms with Crippen LogP contribution in [0.15, 0.2) is 39.5 Å². The predicted octanol–water partition coefficient (Wildman–Crippen LogP) is -2.75. The first-order valence-corrected chi connectivity index (χ1v) is 18.7. The van der Waals surface area contributed by atoms with E-state index < -0.39 is 65.0 Å². The Hall–Kier alpha value is -4.95. The van der Waals surface area contributed by atoms with Crippen molar-refractivity contribution >= 4 is 82.2 Å². The molecule has 0 spiro atoms. The van der Waals surface area contributed by atoms with Crippen LogP contribution in [0.3, 0.4) is 0 Å². The second-order valence-electron chi connectivity index (χ2n) is 11.1. The van der Waals surface area contributed by atoms with Crippen molar-refractivity contribution in [3.63, 3.8) is 0 Å². The number of aryl methyl sites for hydroxylation is 1. The highest BCUT2D eigenvalue weighted by atomic mass is 32.2. The Morgan fingerprint density at radius 3 is 1.96 bits per heavy atom. The van der Waals surface area contributed by atoms with Crippen LogP contribution in [0.5, 0.6) is 0 Å². The van der Waals surface area contributed by atoms with E-state index in [-0.39, 0.29) is 41.6 Å². The molecule has 0 saturated carbocycles. The van der Waals surface area contributed by atoms with Crippen LogP contribution >= 0.6 is 46.6 Å². The smallest absolute Gasteiger partial charge is 0.355 e. The fourth-order valence-electron chi connectivity index (χ4n) is 5.52. The average molecular weight is 777 g/mol. The number of ether oxygens (including phenoxy) is 1. The number of fused-ring (bicyclic) bond motifs is 2. The van der Waals surface area contributed by atoms with Crippen molar-refractivity contribution in [2.75, 3.05) is 23.9 Å². The highest BCUT2D eigenvalue weighted by molar-refractivity contribution is 8.02. The number of aromatic nitrogens is 10. The molecule has 0 bridgehead atoms. The SMILES string of the molecule is Cc1nnc(SCC2=C(C(=O)OCC3=C(C(=O)O)N4C(=O)[C@@H](NC(=O)Cn5cnnn5)[C@H]4SC3)N3C(=O)[C@@H](NC(=O)Cn4cnnn4)[C@H]3SC2)s1. The van der Waals surface area contributed by atoms with Gasteiger partial charge in [0.05, 0.1) is 0 Å². The number of carbonyl (C=O) groups excluding carboxylic acids is 5. The molecule has 7 heterocycles. The van der Waals surface area contributed by atoms with E-state index in [0.29, 0.717) is 15.7 Å². The van der Waals surface area contributed by atoms with Gasteiger partial charge < -0.3 is 20.5 Å². The molecule has 0 aliphatic carbocycles. The topological polar surface area (TPSA) is 275 Å². The van der Waals surface area contributed by atoms with E-state index in [9.17, 15) is 33.9 Å². The first-order chi connectivity index (χ1) is 24.6. The van der Waals surface area contributed by atoms with Gasteiger partial charge in [0.2, 0.25) is 11.8 Å². The lowest BCUT2D eigenvalue weighted by Gasteiger charge is -2.50. The molecule has 266 valence electrons. The lowest BCUT2D eigenvalue weighted by molar-refractivity contribution is -0.153. The van der Waals surface area contributed by atoms with Gasteiger partial charge in [0, 0.05) is 22.8 Å². The van der Waals surface area contributed by atoms with Crippen LogP contribution in [0.4, 0.5) is 0 Å². The minimum absolute atomic E-state index is 0.00679. The van der Waals surface area contributed by atoms with Crippen LogP contribution in [-0.4, -0.2) is 148 Å². The number of aliphatic carboxylic acids is 1. The Bertz CT molecular complexity index is 1970. The number of tetrazole rings is 2. The lowest BCUT2D eigenvalue weighted by atomic mass is 10.0. The summed E-state index contributed by atoms with van der Waals surface area (Å²) in [4.78, 5) is 80.1. The number of amides is 4. The third-order valence-electron chi connectivity index (χ3n) is 7.77. The second-order valence-corrected chi connectivity index (χ2v) is 15.7. The number of carbonyl (C=O) groups is 6. The fourth-order valence-corrected chi connectivity index (χ4v) is 10.1. The summed E-state index contributed by atoms with van der Waals surface area (Å²) in [5.41, 5.74) is 0.387. The molecule has 0 aromatic carbocycles. The standard InChI is InChI=1S/C25H24N14O8S4/c1-10-30-31-25(51-10)50-7-12-6-49-22-16(29-14(41)3-37-9-27-33-35-37)20(43)39(22)18(12)24(46)47-4-11-5-48-21-15(19(42)38(21)17(11)23(44)45)28-13(40)2-36-8-26-32-34-36/h8-9,15-16,21-22H,2-7H2,1H3,(H,28,40)(H,29,41)(H,44,45)/t15-,16-,21-,22-/m1/s1. The molecule has 2 saturated heterocycles. The number of rotatable bonds is 13. The molecule has 4 aliphatic heterocycles. The maximum absolute atomic E-state index is 13.8. The molecule has 0 unspecified atom stereocenters. The molecule has 3 aromatic rings. The van der Waals surface area contributed by atoms with Gasteiger partial charge in [-0.25, -0.2) is 19.0 Å². The zero-order valence-electron chi connectivity index (χ0n) is 26.0. The van der Waals surface area contributed by atoms with Crippen molar-refractivity contribution < 1.29 is 38.6 Å². The summed E-state index contributed by atoms with van der Waals surface area (Å²) in [5, 5.41) is 44.0. The molecule has 3 aromatic heterocycles. The Balaban J connectivity index is 1.05. The molecule has 0 radical (unpaired) electrons. The number of carboxylic acids is 1. The van der Waals surface area contributed by atoms with E-state index in [2.05, 4.69) is 51.9 Å². The minimum atomic E-state index is -1.41. The van der Waals surface area contributed by atoms with Gasteiger partial charge in [-0.3, -0.25) is 29.0 Å². The molecular formula is C25H24N14O8S4. The van der Waals surface area contributed by atoms with Gasteiger partial charge in [-0.2, -0.15) is 0 Å². The van der Waals surface area contributed by atoms with Gasteiger partial charge in [0.1, 0.15) is 71.6 Å². The summed E-state index contributed by atoms with van der Waals surface area (Å²) in [7, 11) is 0. The number of nitrogens with one attached hydrogen (secondary N) is 2. The Labute approximate surface area is 302 Å². The monoisotopic (exact) mass is 776 g/mol. The van der Waals surface area contributed by atoms with Gasteiger partial charge in [0.25, 0.3) is 11.8 Å². The second kappa shape index (κ2) is 14.3. The molecule has 2 fully saturated rings. The fraction of sp³-hybridized carbons (Fsp3) is 0.440. The zero-order chi connectivity index (χ0) is 35.8. The van der Waals surface area contributed by atoms with E-state index in [1.807, 2.05) is 6.92 Å². The number of nitrogens with zero attached hydrogens (tertiary/aromatic N) is 12. The highest BCUT2D eigenvalue weighted by Crippen LogP contribution is 2.43. The number of esters is 1. The Kier molecular flexibility index (Phi) is 9.71. The number of thioether (sulfide) groups is 3. The van der Waals surface area contributed by atoms with Crippen LogP contribution in [0.2, 0.25) is 0 Å². The molecule has 3 N–H and O–H groups in total. The van der Waals surface area contributed by atoms with Crippen molar-refractivity contribution in [1.29, 1.82) is 0 Å². The van der Waals surface area contributed by atoms with E-state index in [4.69, 9.17) is 4.74 Å². The molecule has 4 aliphatic rings. The van der Waals surface area contributed by atoms with Crippen molar-refractivity contribution in [2.45, 2.75) is 47.2 Å². The number of hydrogen-bond donors (Lipinski definition) is 3. The van der Waals surface area contributed by atoms with Crippen molar-refractivity contribution in [3.8, 4) is 0 Å². The van der Waals surface area contributed by atoms with Crippen LogP contribution < -0.4 is 10.6 Å². The van der Waals surface area contributed by atoms with E-state index >= 15 is 0 Å². The third-order valence-corrected chi connectivity index (χ3v) is 12.5. The van der Waals surface area contributed by atoms with E-state index in [0.717, 1.165) is 9.91 Å². The summed E-state index contributed by atoms with van der Waals surface area (Å²) in [6.07, 6.45) is 2.50. The zero-order valence-corrected chi connectivity index (χ0v) is 29.3. The van der Waals surface area contributed by atoms with Crippen molar-refractivity contribution in [2.24, 2.45) is 0 Å². The lowest BCUT2D eigenvalue weighted by Crippen LogP contribution is -2.71. The van der Waals surface area contributed by atoms with Gasteiger partial charge in [-0.15, -0.1) is 43.9 Å². The molecule has 51 heavy (non-hydrogen) atoms. The largest absolute Gasteiger partial charge is 0.477 e. The average Bonchev–Trinajstić information content (AvgIpc) is 3.91. The first kappa shape index (κ1) is 34.5. The normalized spacial score (nSPS) is 22.5. The van der Waals surface area contributed by atoms with Gasteiger partial charge in [-0.05, 0) is 33.4 Å². The van der Waals surface area contributed by atoms with Crippen molar-refractivity contribution in [3.05, 3.63) is 40.2 Å². The van der Waals surface area contributed by atoms with Crippen LogP contribution in [0.1, 0.15) is 5.01 Å². The number of carboxylic acid groups (broad SMARTS) is 1. The summed E-state index contributed by atoms with van der Waals surface area (Å²) in [6, 6.07) is -1.90. The van der Waals surface area contributed by atoms with Gasteiger partial charge in [-0.1, -0.05) is 23.1 Å². The summed E-state index contributed by atoms with van der Waals surface area (Å²) in [6.45, 7) is 0.882. The number of hydrogen-bond acceptors (Lipinski definition) is 19. The maximum atomic E-state index is 13.8. The Morgan fingerprint density at radius 2 is 1.45 bits per heavy atom. The maximum Gasteiger partial charge on any atom is 0.355 e. The van der Waals surface area contributed by atoms with Crippen LogP contribution in [0, 0.1) is 6.92 Å². The molecule has 4 amide bonds. The van der Waals surface area contributed by atoms with Crippen LogP contribution in [-0.2, 0) is 46.6 Å². The third kappa shape index (κ3) is 6.89. The summed E-state index contributed by atoms with van der Waals surface area (Å²) >= 11 is 5.28. The minimum Gasteiger partial charge on any atom is -0.477 e. The van der Waals surface area contributed by atoms with E-state index in [1.54, 1.807) is 0 Å². The molecule has 4 atom stereocenters. The number of β-lactam (4-membered cyclic amide) rings is 2. The molecular weight excluding hydrogens is 753 g/mol. The molecule has 22 nitrogen and oxygen atoms in total. The highest BCUT2D eigenvalue weighted by Gasteiger charge is 2.56. The molecule has 26 heteroatoms. The molecule has 7 rings (SSSR count). The summed E-state index contributed by atoms with van der Waals surface area (Å²) in [5.74, 6) is -3.80.